The number of likely N-dealkylation sites (tertiary alicyclic amines) is 1. The zero-order valence-electron chi connectivity index (χ0n) is 11.8. The molecule has 1 atom stereocenters. The quantitative estimate of drug-likeness (QED) is 0.782. The number of hydrogen-bond donors (Lipinski definition) is 2. The van der Waals surface area contributed by atoms with Crippen molar-refractivity contribution in [2.24, 2.45) is 11.3 Å². The number of carbonyl (C=O) groups is 1. The predicted molar refractivity (Wildman–Crippen MR) is 71.6 cm³/mol. The Kier molecular flexibility index (Phi) is 3.70. The second kappa shape index (κ2) is 4.82. The van der Waals surface area contributed by atoms with Crippen molar-refractivity contribution in [3.63, 3.8) is 0 Å². The first-order chi connectivity index (χ1) is 8.39. The highest BCUT2D eigenvalue weighted by molar-refractivity contribution is 5.80. The molecule has 0 aromatic heterocycles. The number of rotatable bonds is 5. The summed E-state index contributed by atoms with van der Waals surface area (Å²) in [5.41, 5.74) is -0.302. The lowest BCUT2D eigenvalue weighted by Crippen LogP contribution is -2.60. The van der Waals surface area contributed by atoms with Crippen molar-refractivity contribution >= 4 is 5.97 Å². The Morgan fingerprint density at radius 1 is 1.39 bits per heavy atom. The monoisotopic (exact) mass is 254 g/mol. The Morgan fingerprint density at radius 2 is 1.94 bits per heavy atom. The molecule has 104 valence electrons. The van der Waals surface area contributed by atoms with Crippen LogP contribution in [0.25, 0.3) is 0 Å². The first-order valence-corrected chi connectivity index (χ1v) is 7.04. The number of nitrogens with zero attached hydrogens (tertiary/aromatic N) is 1. The molecule has 1 aliphatic heterocycles. The fourth-order valence-corrected chi connectivity index (χ4v) is 3.01. The fourth-order valence-electron chi connectivity index (χ4n) is 3.01. The van der Waals surface area contributed by atoms with E-state index in [1.165, 1.54) is 0 Å². The fraction of sp³-hybridized carbons (Fsp3) is 0.929. The van der Waals surface area contributed by atoms with Crippen LogP contribution in [0.1, 0.15) is 39.5 Å². The summed E-state index contributed by atoms with van der Waals surface area (Å²) in [5.74, 6) is -0.368. The highest BCUT2D eigenvalue weighted by Gasteiger charge is 2.51. The number of hydrogen-bond acceptors (Lipinski definition) is 3. The maximum absolute atomic E-state index is 11.6. The van der Waals surface area contributed by atoms with Crippen LogP contribution in [-0.4, -0.2) is 48.2 Å². The molecule has 2 N–H and O–H groups in total. The highest BCUT2D eigenvalue weighted by atomic mass is 16.4. The number of likely N-dealkylation sites (N-methyl/N-ethyl adjacent to an activating group) is 1. The van der Waals surface area contributed by atoms with Gasteiger partial charge in [-0.2, -0.15) is 0 Å². The number of carboxylic acid groups (broad SMARTS) is 1. The van der Waals surface area contributed by atoms with Gasteiger partial charge >= 0.3 is 5.97 Å². The number of aliphatic carboxylic acids is 1. The van der Waals surface area contributed by atoms with Crippen LogP contribution in [-0.2, 0) is 4.79 Å². The van der Waals surface area contributed by atoms with Crippen LogP contribution in [0.4, 0.5) is 0 Å². The van der Waals surface area contributed by atoms with Gasteiger partial charge < -0.3 is 15.3 Å². The van der Waals surface area contributed by atoms with Crippen LogP contribution >= 0.6 is 0 Å². The van der Waals surface area contributed by atoms with Gasteiger partial charge in [-0.25, -0.2) is 0 Å². The maximum Gasteiger partial charge on any atom is 0.325 e. The molecule has 0 spiro atoms. The van der Waals surface area contributed by atoms with E-state index in [1.54, 1.807) is 7.05 Å². The van der Waals surface area contributed by atoms with Crippen molar-refractivity contribution in [3.8, 4) is 0 Å². The van der Waals surface area contributed by atoms with Gasteiger partial charge in [0.15, 0.2) is 0 Å². The van der Waals surface area contributed by atoms with Gasteiger partial charge in [-0.1, -0.05) is 13.8 Å². The van der Waals surface area contributed by atoms with Crippen LogP contribution in [0.15, 0.2) is 0 Å². The van der Waals surface area contributed by atoms with E-state index < -0.39 is 11.5 Å². The Bertz CT molecular complexity index is 316. The van der Waals surface area contributed by atoms with E-state index in [1.807, 2.05) is 0 Å². The molecular formula is C14H26N2O2. The molecule has 1 aliphatic carbocycles. The van der Waals surface area contributed by atoms with E-state index in [0.717, 1.165) is 38.8 Å². The Morgan fingerprint density at radius 3 is 2.33 bits per heavy atom. The minimum atomic E-state index is -0.721. The van der Waals surface area contributed by atoms with E-state index >= 15 is 0 Å². The first kappa shape index (κ1) is 13.8. The topological polar surface area (TPSA) is 52.6 Å². The van der Waals surface area contributed by atoms with Crippen LogP contribution < -0.4 is 5.32 Å². The van der Waals surface area contributed by atoms with Crippen LogP contribution in [0, 0.1) is 11.3 Å². The van der Waals surface area contributed by atoms with Gasteiger partial charge in [-0.15, -0.1) is 0 Å². The molecule has 2 aliphatic rings. The second-order valence-electron chi connectivity index (χ2n) is 6.74. The number of piperidine rings is 1. The molecule has 1 unspecified atom stereocenters. The molecular weight excluding hydrogens is 228 g/mol. The van der Waals surface area contributed by atoms with Crippen LogP contribution in [0.2, 0.25) is 0 Å². The molecule has 1 heterocycles. The molecule has 4 heteroatoms. The summed E-state index contributed by atoms with van der Waals surface area (Å²) in [6.07, 6.45) is 4.42. The van der Waals surface area contributed by atoms with E-state index in [4.69, 9.17) is 0 Å². The highest BCUT2D eigenvalue weighted by Crippen LogP contribution is 2.41. The molecule has 2 rings (SSSR count). The molecule has 0 amide bonds. The van der Waals surface area contributed by atoms with Crippen molar-refractivity contribution in [3.05, 3.63) is 0 Å². The Balaban J connectivity index is 2.00. The lowest BCUT2D eigenvalue weighted by Gasteiger charge is -2.41. The number of nitrogens with one attached hydrogen (secondary N) is 1. The van der Waals surface area contributed by atoms with Crippen LogP contribution in [0.3, 0.4) is 0 Å². The first-order valence-electron chi connectivity index (χ1n) is 7.04. The third-order valence-electron chi connectivity index (χ3n) is 4.78. The summed E-state index contributed by atoms with van der Waals surface area (Å²) < 4.78 is 0. The van der Waals surface area contributed by atoms with E-state index in [-0.39, 0.29) is 0 Å². The van der Waals surface area contributed by atoms with E-state index in [9.17, 15) is 9.90 Å². The maximum atomic E-state index is 11.6. The third-order valence-corrected chi connectivity index (χ3v) is 4.78. The lowest BCUT2D eigenvalue weighted by atomic mass is 9.81. The lowest BCUT2D eigenvalue weighted by molar-refractivity contribution is -0.147. The molecule has 2 fully saturated rings. The smallest absolute Gasteiger partial charge is 0.325 e. The second-order valence-corrected chi connectivity index (χ2v) is 6.74. The molecule has 0 bridgehead atoms. The van der Waals surface area contributed by atoms with Gasteiger partial charge in [0.25, 0.3) is 0 Å². The summed E-state index contributed by atoms with van der Waals surface area (Å²) >= 11 is 0. The standard InChI is InChI=1S/C14H26N2O2/c1-13(2)6-8-16(9-7-13)10-14(15-3,12(17)18)11-4-5-11/h11,15H,4-10H2,1-3H3,(H,17,18). The van der Waals surface area contributed by atoms with Crippen LogP contribution in [0.5, 0.6) is 0 Å². The molecule has 0 radical (unpaired) electrons. The minimum Gasteiger partial charge on any atom is -0.480 e. The van der Waals surface area contributed by atoms with E-state index in [0.29, 0.717) is 17.9 Å². The molecule has 0 aromatic rings. The summed E-state index contributed by atoms with van der Waals surface area (Å²) in [5, 5.41) is 12.7. The van der Waals surface area contributed by atoms with Gasteiger partial charge in [-0.3, -0.25) is 4.79 Å². The largest absolute Gasteiger partial charge is 0.480 e. The molecule has 1 saturated carbocycles. The van der Waals surface area contributed by atoms with Gasteiger partial charge in [0, 0.05) is 6.54 Å². The van der Waals surface area contributed by atoms with Crippen molar-refractivity contribution < 1.29 is 9.90 Å². The van der Waals surface area contributed by atoms with Crippen molar-refractivity contribution in [1.29, 1.82) is 0 Å². The van der Waals surface area contributed by atoms with E-state index in [2.05, 4.69) is 24.1 Å². The SMILES string of the molecule is CNC(CN1CCC(C)(C)CC1)(C(=O)O)C1CC1. The minimum absolute atomic E-state index is 0.315. The zero-order chi connectivity index (χ0) is 13.4. The average molecular weight is 254 g/mol. The Hall–Kier alpha value is -0.610. The number of carboxylic acids is 1. The van der Waals surface area contributed by atoms with Gasteiger partial charge in [0.05, 0.1) is 0 Å². The van der Waals surface area contributed by atoms with Gasteiger partial charge in [0.1, 0.15) is 5.54 Å². The summed E-state index contributed by atoms with van der Waals surface area (Å²) in [6.45, 7) is 7.30. The van der Waals surface area contributed by atoms with Crippen molar-refractivity contribution in [2.45, 2.75) is 45.1 Å². The predicted octanol–water partition coefficient (Wildman–Crippen LogP) is 1.56. The normalized spacial score (nSPS) is 27.7. The van der Waals surface area contributed by atoms with Crippen molar-refractivity contribution in [2.75, 3.05) is 26.7 Å². The summed E-state index contributed by atoms with van der Waals surface area (Å²) in [6, 6.07) is 0. The average Bonchev–Trinajstić information content (AvgIpc) is 3.12. The molecule has 18 heavy (non-hydrogen) atoms. The van der Waals surface area contributed by atoms with Crippen molar-refractivity contribution in [1.82, 2.24) is 10.2 Å². The van der Waals surface area contributed by atoms with Gasteiger partial charge in [-0.05, 0) is 57.2 Å². The molecule has 0 aromatic carbocycles. The third kappa shape index (κ3) is 2.69. The Labute approximate surface area is 110 Å². The molecule has 4 nitrogen and oxygen atoms in total. The molecule has 1 saturated heterocycles. The summed E-state index contributed by atoms with van der Waals surface area (Å²) in [4.78, 5) is 14.0. The summed E-state index contributed by atoms with van der Waals surface area (Å²) in [7, 11) is 1.79. The zero-order valence-corrected chi connectivity index (χ0v) is 11.8. The van der Waals surface area contributed by atoms with Gasteiger partial charge in [0.2, 0.25) is 0 Å².